The van der Waals surface area contributed by atoms with E-state index in [-0.39, 0.29) is 28.3 Å². The third kappa shape index (κ3) is 4.53. The highest BCUT2D eigenvalue weighted by molar-refractivity contribution is 8.23. The quantitative estimate of drug-likeness (QED) is 0.460. The molecule has 0 aromatic heterocycles. The summed E-state index contributed by atoms with van der Waals surface area (Å²) < 4.78 is 7.32. The van der Waals surface area contributed by atoms with Crippen LogP contribution in [-0.2, 0) is 9.22 Å². The monoisotopic (exact) mass is 347 g/mol. The summed E-state index contributed by atoms with van der Waals surface area (Å²) in [5, 5.41) is 3.17. The number of β-lactam (4-membered cyclic amide) rings is 1. The minimum absolute atomic E-state index is 0.0622. The number of carbonyl (C=O) groups is 1. The zero-order valence-corrected chi connectivity index (χ0v) is 17.1. The lowest BCUT2D eigenvalue weighted by molar-refractivity contribution is -0.136. The van der Waals surface area contributed by atoms with Gasteiger partial charge >= 0.3 is 0 Å². The van der Waals surface area contributed by atoms with Crippen molar-refractivity contribution in [1.82, 2.24) is 5.32 Å². The van der Waals surface area contributed by atoms with Crippen LogP contribution in [0.25, 0.3) is 0 Å². The fraction of sp³-hybridized carbons (Fsp3) is 0.867. The van der Waals surface area contributed by atoms with Gasteiger partial charge in [-0.3, -0.25) is 4.79 Å². The number of rotatable bonds is 5. The normalized spacial score (nSPS) is 24.5. The molecule has 0 aromatic rings. The Morgan fingerprint density at radius 2 is 1.86 bits per heavy atom. The van der Waals surface area contributed by atoms with Crippen LogP contribution in [0.5, 0.6) is 0 Å². The van der Waals surface area contributed by atoms with E-state index in [1.165, 1.54) is 0 Å². The molecular formula is C15H29NO2S2Si. The van der Waals surface area contributed by atoms with Crippen LogP contribution in [-0.4, -0.2) is 29.9 Å². The van der Waals surface area contributed by atoms with Crippen molar-refractivity contribution in [2.24, 2.45) is 11.8 Å². The van der Waals surface area contributed by atoms with Gasteiger partial charge in [-0.05, 0) is 31.0 Å². The number of nitrogens with one attached hydrogen (secondary N) is 1. The summed E-state index contributed by atoms with van der Waals surface area (Å²) >= 11 is 6.98. The van der Waals surface area contributed by atoms with Crippen molar-refractivity contribution >= 4 is 42.4 Å². The number of thiocarbonyl (C=S) groups is 1. The van der Waals surface area contributed by atoms with Crippen LogP contribution in [0, 0.1) is 11.8 Å². The topological polar surface area (TPSA) is 38.3 Å². The first-order valence-corrected chi connectivity index (χ1v) is 11.7. The fourth-order valence-corrected chi connectivity index (χ4v) is 4.84. The molecule has 3 nitrogen and oxygen atoms in total. The summed E-state index contributed by atoms with van der Waals surface area (Å²) in [4.78, 5) is 11.9. The molecule has 0 aliphatic carbocycles. The van der Waals surface area contributed by atoms with Gasteiger partial charge in [0.25, 0.3) is 0 Å². The highest BCUT2D eigenvalue weighted by Crippen LogP contribution is 2.40. The first-order chi connectivity index (χ1) is 9.36. The molecule has 1 aliphatic rings. The smallest absolute Gasteiger partial charge is 0.229 e. The van der Waals surface area contributed by atoms with E-state index >= 15 is 0 Å². The summed E-state index contributed by atoms with van der Waals surface area (Å²) in [6, 6.07) is 0. The second-order valence-corrected chi connectivity index (χ2v) is 14.3. The lowest BCUT2D eigenvalue weighted by atomic mass is 9.96. The van der Waals surface area contributed by atoms with Gasteiger partial charge in [0, 0.05) is 0 Å². The van der Waals surface area contributed by atoms with Gasteiger partial charge in [0.05, 0.1) is 21.6 Å². The second-order valence-electron chi connectivity index (χ2n) is 7.63. The molecule has 0 spiro atoms. The molecule has 1 heterocycles. The lowest BCUT2D eigenvalue weighted by Gasteiger charge is -2.45. The maximum Gasteiger partial charge on any atom is 0.229 e. The van der Waals surface area contributed by atoms with E-state index < -0.39 is 8.32 Å². The Morgan fingerprint density at radius 3 is 2.24 bits per heavy atom. The van der Waals surface area contributed by atoms with Gasteiger partial charge in [-0.1, -0.05) is 58.6 Å². The number of amides is 1. The number of hydrogen-bond donors (Lipinski definition) is 1. The van der Waals surface area contributed by atoms with E-state index in [1.54, 1.807) is 11.8 Å². The van der Waals surface area contributed by atoms with E-state index in [0.717, 1.165) is 4.20 Å². The average molecular weight is 348 g/mol. The van der Waals surface area contributed by atoms with Crippen LogP contribution in [0.4, 0.5) is 0 Å². The molecule has 0 unspecified atom stereocenters. The van der Waals surface area contributed by atoms with Crippen LogP contribution in [0.1, 0.15) is 41.5 Å². The van der Waals surface area contributed by atoms with Gasteiger partial charge in [0.1, 0.15) is 0 Å². The number of hydrogen-bond acceptors (Lipinski definition) is 4. The second kappa shape index (κ2) is 6.68. The van der Waals surface area contributed by atoms with Crippen molar-refractivity contribution in [2.75, 3.05) is 0 Å². The third-order valence-electron chi connectivity index (χ3n) is 4.42. The van der Waals surface area contributed by atoms with Crippen molar-refractivity contribution in [3.05, 3.63) is 0 Å². The number of thioether (sulfide) groups is 1. The minimum atomic E-state index is -1.86. The van der Waals surface area contributed by atoms with E-state index in [9.17, 15) is 4.79 Å². The lowest BCUT2D eigenvalue weighted by Crippen LogP contribution is -2.62. The molecule has 3 atom stereocenters. The van der Waals surface area contributed by atoms with Crippen molar-refractivity contribution in [2.45, 2.75) is 71.2 Å². The van der Waals surface area contributed by atoms with Gasteiger partial charge in [0.2, 0.25) is 5.91 Å². The third-order valence-corrected chi connectivity index (χ3v) is 11.1. The zero-order valence-electron chi connectivity index (χ0n) is 14.4. The van der Waals surface area contributed by atoms with Crippen molar-refractivity contribution < 1.29 is 9.22 Å². The molecule has 0 radical (unpaired) electrons. The predicted molar refractivity (Wildman–Crippen MR) is 98.2 cm³/mol. The molecule has 21 heavy (non-hydrogen) atoms. The number of carbonyl (C=O) groups excluding carboxylic acids is 1. The summed E-state index contributed by atoms with van der Waals surface area (Å²) in [5.74, 6) is 0.339. The van der Waals surface area contributed by atoms with Crippen LogP contribution in [0.3, 0.4) is 0 Å². The maximum absolute atomic E-state index is 11.9. The molecule has 1 aliphatic heterocycles. The van der Waals surface area contributed by atoms with Crippen LogP contribution in [0.2, 0.25) is 18.1 Å². The van der Waals surface area contributed by atoms with E-state index in [2.05, 4.69) is 53.0 Å². The fourth-order valence-electron chi connectivity index (χ4n) is 1.91. The van der Waals surface area contributed by atoms with Crippen LogP contribution >= 0.6 is 24.0 Å². The van der Waals surface area contributed by atoms with Crippen molar-refractivity contribution in [1.29, 1.82) is 0 Å². The average Bonchev–Trinajstić information content (AvgIpc) is 2.24. The molecule has 1 N–H and O–H groups in total. The van der Waals surface area contributed by atoms with E-state index in [4.69, 9.17) is 16.6 Å². The highest BCUT2D eigenvalue weighted by atomic mass is 32.2. The molecule has 1 rings (SSSR count). The van der Waals surface area contributed by atoms with Gasteiger partial charge < -0.3 is 9.74 Å². The first-order valence-electron chi connectivity index (χ1n) is 7.55. The Labute approximate surface area is 140 Å². The van der Waals surface area contributed by atoms with Crippen molar-refractivity contribution in [3.63, 3.8) is 0 Å². The Bertz CT molecular complexity index is 418. The Morgan fingerprint density at radius 1 is 1.33 bits per heavy atom. The summed E-state index contributed by atoms with van der Waals surface area (Å²) in [6.07, 6.45) is -0.0629. The maximum atomic E-state index is 11.9. The Hall–Kier alpha value is 0.0869. The van der Waals surface area contributed by atoms with Gasteiger partial charge in [-0.2, -0.15) is 0 Å². The van der Waals surface area contributed by atoms with Crippen LogP contribution in [0.15, 0.2) is 0 Å². The zero-order chi connectivity index (χ0) is 16.6. The summed E-state index contributed by atoms with van der Waals surface area (Å²) in [7, 11) is -1.86. The Kier molecular flexibility index (Phi) is 6.09. The SMILES string of the molecule is CC(C)C(=S)S[C@H]1NC(=O)[C@@H]1[C@@H](C)O[Si](C)(C)C(C)(C)C. The van der Waals surface area contributed by atoms with E-state index in [1.807, 2.05) is 6.92 Å². The molecule has 0 aromatic carbocycles. The van der Waals surface area contributed by atoms with Gasteiger partial charge in [0.15, 0.2) is 8.32 Å². The molecule has 0 saturated carbocycles. The van der Waals surface area contributed by atoms with Gasteiger partial charge in [-0.25, -0.2) is 0 Å². The predicted octanol–water partition coefficient (Wildman–Crippen LogP) is 4.19. The van der Waals surface area contributed by atoms with E-state index in [0.29, 0.717) is 5.92 Å². The largest absolute Gasteiger partial charge is 0.413 e. The standard InChI is InChI=1S/C15H29NO2S2Si/c1-9(2)14(19)20-13-11(12(17)16-13)10(3)18-21(7,8)15(4,5)6/h9-11,13H,1-8H3,(H,16,17)/t10-,11+,13-/m1/s1. The molecule has 6 heteroatoms. The molecule has 0 bridgehead atoms. The van der Waals surface area contributed by atoms with Crippen LogP contribution < -0.4 is 5.32 Å². The molecule has 1 fully saturated rings. The molecule has 1 saturated heterocycles. The molecule has 122 valence electrons. The first kappa shape index (κ1) is 19.1. The molecular weight excluding hydrogens is 318 g/mol. The van der Waals surface area contributed by atoms with Gasteiger partial charge in [-0.15, -0.1) is 0 Å². The highest BCUT2D eigenvalue weighted by Gasteiger charge is 2.48. The molecule has 1 amide bonds. The Balaban J connectivity index is 2.70. The summed E-state index contributed by atoms with van der Waals surface area (Å²) in [6.45, 7) is 17.3. The minimum Gasteiger partial charge on any atom is -0.413 e. The van der Waals surface area contributed by atoms with Crippen molar-refractivity contribution in [3.8, 4) is 0 Å². The summed E-state index contributed by atoms with van der Waals surface area (Å²) in [5.41, 5.74) is 0.